The summed E-state index contributed by atoms with van der Waals surface area (Å²) in [7, 11) is 0. The predicted octanol–water partition coefficient (Wildman–Crippen LogP) is 4.89. The molecule has 0 N–H and O–H groups in total. The van der Waals surface area contributed by atoms with E-state index in [1.807, 2.05) is 12.1 Å². The van der Waals surface area contributed by atoms with Gasteiger partial charge in [0.1, 0.15) is 5.75 Å². The Bertz CT molecular complexity index is 704. The number of hydrogen-bond acceptors (Lipinski definition) is 4. The van der Waals surface area contributed by atoms with E-state index in [2.05, 4.69) is 6.92 Å². The first kappa shape index (κ1) is 18.9. The summed E-state index contributed by atoms with van der Waals surface area (Å²) in [5, 5.41) is 0.602. The number of carbonyl (C=O) groups excluding carboxylic acids is 1. The molecule has 2 aromatic rings. The average molecular weight is 375 g/mol. The van der Waals surface area contributed by atoms with Gasteiger partial charge in [0.15, 0.2) is 6.29 Å². The molecule has 26 heavy (non-hydrogen) atoms. The second-order valence-corrected chi connectivity index (χ2v) is 6.89. The lowest BCUT2D eigenvalue weighted by molar-refractivity contribution is -0.202. The lowest BCUT2D eigenvalue weighted by Crippen LogP contribution is -2.32. The lowest BCUT2D eigenvalue weighted by Gasteiger charge is -2.28. The molecule has 0 bridgehead atoms. The summed E-state index contributed by atoms with van der Waals surface area (Å²) in [5.41, 5.74) is 1.65. The van der Waals surface area contributed by atoms with Crippen molar-refractivity contribution in [2.24, 2.45) is 5.92 Å². The van der Waals surface area contributed by atoms with Crippen LogP contribution in [0.2, 0.25) is 5.02 Å². The Kier molecular flexibility index (Phi) is 6.67. The highest BCUT2D eigenvalue weighted by atomic mass is 35.5. The van der Waals surface area contributed by atoms with Crippen molar-refractivity contribution < 1.29 is 19.0 Å². The largest absolute Gasteiger partial charge is 0.423 e. The molecule has 0 saturated carbocycles. The van der Waals surface area contributed by atoms with Crippen LogP contribution in [0.1, 0.15) is 35.7 Å². The summed E-state index contributed by atoms with van der Waals surface area (Å²) in [6.07, 6.45) is 2.60. The monoisotopic (exact) mass is 374 g/mol. The van der Waals surface area contributed by atoms with Gasteiger partial charge in [-0.3, -0.25) is 0 Å². The van der Waals surface area contributed by atoms with Gasteiger partial charge < -0.3 is 14.2 Å². The molecule has 1 fully saturated rings. The summed E-state index contributed by atoms with van der Waals surface area (Å²) >= 11 is 5.82. The van der Waals surface area contributed by atoms with Gasteiger partial charge >= 0.3 is 5.97 Å². The van der Waals surface area contributed by atoms with Crippen LogP contribution >= 0.6 is 11.6 Å². The van der Waals surface area contributed by atoms with Crippen molar-refractivity contribution in [1.29, 1.82) is 0 Å². The molecule has 1 aliphatic heterocycles. The van der Waals surface area contributed by atoms with E-state index in [1.54, 1.807) is 36.4 Å². The number of hydrogen-bond donors (Lipinski definition) is 0. The molecular weight excluding hydrogens is 352 g/mol. The second kappa shape index (κ2) is 9.17. The van der Waals surface area contributed by atoms with E-state index in [-0.39, 0.29) is 12.3 Å². The fourth-order valence-electron chi connectivity index (χ4n) is 2.75. The zero-order chi connectivity index (χ0) is 18.4. The van der Waals surface area contributed by atoms with Gasteiger partial charge in [-0.1, -0.05) is 30.7 Å². The fourth-order valence-corrected chi connectivity index (χ4v) is 2.87. The third-order valence-electron chi connectivity index (χ3n) is 4.50. The van der Waals surface area contributed by atoms with Crippen LogP contribution in [-0.2, 0) is 15.9 Å². The number of rotatable bonds is 6. The minimum atomic E-state index is -0.386. The van der Waals surface area contributed by atoms with Crippen LogP contribution in [0.5, 0.6) is 5.75 Å². The smallest absolute Gasteiger partial charge is 0.343 e. The number of carbonyl (C=O) groups is 1. The number of esters is 1. The SMILES string of the molecule is CCC1COC(CCc2ccc(C(=O)Oc3ccc(Cl)cc3)cc2)OC1. The Morgan fingerprint density at radius 1 is 1.08 bits per heavy atom. The maximum Gasteiger partial charge on any atom is 0.343 e. The first-order valence-corrected chi connectivity index (χ1v) is 9.31. The van der Waals surface area contributed by atoms with Crippen LogP contribution < -0.4 is 4.74 Å². The zero-order valence-corrected chi connectivity index (χ0v) is 15.6. The number of ether oxygens (including phenoxy) is 3. The molecule has 5 heteroatoms. The number of aryl methyl sites for hydroxylation is 1. The van der Waals surface area contributed by atoms with E-state index < -0.39 is 0 Å². The van der Waals surface area contributed by atoms with Crippen molar-refractivity contribution in [3.8, 4) is 5.75 Å². The summed E-state index contributed by atoms with van der Waals surface area (Å²) in [6, 6.07) is 14.2. The summed E-state index contributed by atoms with van der Waals surface area (Å²) < 4.78 is 16.8. The van der Waals surface area contributed by atoms with Crippen LogP contribution in [0.4, 0.5) is 0 Å². The Hall–Kier alpha value is -1.88. The van der Waals surface area contributed by atoms with Crippen molar-refractivity contribution >= 4 is 17.6 Å². The van der Waals surface area contributed by atoms with Crippen molar-refractivity contribution in [2.75, 3.05) is 13.2 Å². The van der Waals surface area contributed by atoms with Gasteiger partial charge in [0, 0.05) is 17.4 Å². The molecule has 4 nitrogen and oxygen atoms in total. The maximum atomic E-state index is 12.2. The van der Waals surface area contributed by atoms with Crippen LogP contribution in [0, 0.1) is 5.92 Å². The van der Waals surface area contributed by atoms with E-state index in [1.165, 1.54) is 0 Å². The number of benzene rings is 2. The molecule has 0 aromatic heterocycles. The molecule has 0 aliphatic carbocycles. The fraction of sp³-hybridized carbons (Fsp3) is 0.381. The molecule has 0 radical (unpaired) electrons. The van der Waals surface area contributed by atoms with E-state index in [0.717, 1.165) is 38.0 Å². The molecule has 0 unspecified atom stereocenters. The topological polar surface area (TPSA) is 44.8 Å². The van der Waals surface area contributed by atoms with E-state index in [9.17, 15) is 4.79 Å². The molecule has 3 rings (SSSR count). The predicted molar refractivity (Wildman–Crippen MR) is 101 cm³/mol. The maximum absolute atomic E-state index is 12.2. The van der Waals surface area contributed by atoms with Crippen molar-refractivity contribution in [3.05, 3.63) is 64.7 Å². The Balaban J connectivity index is 1.48. The van der Waals surface area contributed by atoms with Gasteiger partial charge in [-0.05, 0) is 54.8 Å². The highest BCUT2D eigenvalue weighted by molar-refractivity contribution is 6.30. The van der Waals surface area contributed by atoms with Crippen LogP contribution in [0.3, 0.4) is 0 Å². The molecular formula is C21H23ClO4. The summed E-state index contributed by atoms with van der Waals surface area (Å²) in [5.74, 6) is 0.598. The highest BCUT2D eigenvalue weighted by Crippen LogP contribution is 2.19. The van der Waals surface area contributed by atoms with Gasteiger partial charge in [0.25, 0.3) is 0 Å². The first-order valence-electron chi connectivity index (χ1n) is 8.94. The van der Waals surface area contributed by atoms with Gasteiger partial charge in [-0.15, -0.1) is 0 Å². The zero-order valence-electron chi connectivity index (χ0n) is 14.8. The Labute approximate surface area is 159 Å². The van der Waals surface area contributed by atoms with Crippen LogP contribution in [0.25, 0.3) is 0 Å². The molecule has 0 spiro atoms. The molecule has 1 heterocycles. The summed E-state index contributed by atoms with van der Waals surface area (Å²) in [4.78, 5) is 12.2. The Morgan fingerprint density at radius 3 is 2.35 bits per heavy atom. The molecule has 2 aromatic carbocycles. The molecule has 138 valence electrons. The standard InChI is InChI=1S/C21H23ClO4/c1-2-15-13-24-20(25-14-15)12-5-16-3-6-17(7-4-16)21(23)26-19-10-8-18(22)9-11-19/h3-4,6-11,15,20H,2,5,12-14H2,1H3. The van der Waals surface area contributed by atoms with Gasteiger partial charge in [-0.25, -0.2) is 4.79 Å². The quantitative estimate of drug-likeness (QED) is 0.533. The summed E-state index contributed by atoms with van der Waals surface area (Å²) in [6.45, 7) is 3.70. The lowest BCUT2D eigenvalue weighted by atomic mass is 10.1. The molecule has 0 atom stereocenters. The average Bonchev–Trinajstić information content (AvgIpc) is 2.69. The van der Waals surface area contributed by atoms with Crippen molar-refractivity contribution in [2.45, 2.75) is 32.5 Å². The van der Waals surface area contributed by atoms with E-state index in [4.69, 9.17) is 25.8 Å². The molecule has 1 aliphatic rings. The first-order chi connectivity index (χ1) is 12.6. The Morgan fingerprint density at radius 2 is 1.73 bits per heavy atom. The van der Waals surface area contributed by atoms with Crippen LogP contribution in [-0.4, -0.2) is 25.5 Å². The third-order valence-corrected chi connectivity index (χ3v) is 4.75. The molecule has 1 saturated heterocycles. The van der Waals surface area contributed by atoms with Gasteiger partial charge in [-0.2, -0.15) is 0 Å². The second-order valence-electron chi connectivity index (χ2n) is 6.45. The van der Waals surface area contributed by atoms with Crippen LogP contribution in [0.15, 0.2) is 48.5 Å². The highest BCUT2D eigenvalue weighted by Gasteiger charge is 2.20. The minimum absolute atomic E-state index is 0.132. The number of halogens is 1. The normalized spacial score (nSPS) is 19.9. The van der Waals surface area contributed by atoms with Crippen molar-refractivity contribution in [3.63, 3.8) is 0 Å². The molecule has 0 amide bonds. The van der Waals surface area contributed by atoms with E-state index in [0.29, 0.717) is 22.3 Å². The van der Waals surface area contributed by atoms with E-state index >= 15 is 0 Å². The van der Waals surface area contributed by atoms with Gasteiger partial charge in [0.2, 0.25) is 0 Å². The minimum Gasteiger partial charge on any atom is -0.423 e. The van der Waals surface area contributed by atoms with Crippen molar-refractivity contribution in [1.82, 2.24) is 0 Å². The third kappa shape index (κ3) is 5.31. The van der Waals surface area contributed by atoms with Gasteiger partial charge in [0.05, 0.1) is 18.8 Å².